The van der Waals surface area contributed by atoms with Gasteiger partial charge in [0, 0.05) is 10.6 Å². The number of aliphatic carboxylic acids is 1. The summed E-state index contributed by atoms with van der Waals surface area (Å²) in [5, 5.41) is 14.1. The summed E-state index contributed by atoms with van der Waals surface area (Å²) >= 11 is 5.82. The summed E-state index contributed by atoms with van der Waals surface area (Å²) in [5.41, 5.74) is 0.835. The Bertz CT molecular complexity index is 972. The number of hydrogen-bond acceptors (Lipinski definition) is 2. The van der Waals surface area contributed by atoms with Gasteiger partial charge in [-0.15, -0.1) is 0 Å². The molecule has 3 aromatic carbocycles. The zero-order valence-electron chi connectivity index (χ0n) is 13.1. The zero-order valence-corrected chi connectivity index (χ0v) is 13.8. The van der Waals surface area contributed by atoms with Gasteiger partial charge in [-0.25, -0.2) is 4.79 Å². The fraction of sp³-hybridized carbons (Fsp3) is 0. The van der Waals surface area contributed by atoms with Crippen LogP contribution in [-0.4, -0.2) is 17.0 Å². The van der Waals surface area contributed by atoms with Gasteiger partial charge < -0.3 is 10.4 Å². The molecule has 0 heterocycles. The largest absolute Gasteiger partial charge is 0.477 e. The predicted molar refractivity (Wildman–Crippen MR) is 98.5 cm³/mol. The van der Waals surface area contributed by atoms with Crippen molar-refractivity contribution in [3.05, 3.63) is 88.6 Å². The monoisotopic (exact) mass is 351 g/mol. The van der Waals surface area contributed by atoms with E-state index in [0.29, 0.717) is 16.1 Å². The minimum atomic E-state index is -1.22. The maximum Gasteiger partial charge on any atom is 0.352 e. The average Bonchev–Trinajstić information content (AvgIpc) is 2.62. The minimum absolute atomic E-state index is 0.208. The first-order valence-corrected chi connectivity index (χ1v) is 7.92. The summed E-state index contributed by atoms with van der Waals surface area (Å²) in [7, 11) is 0. The van der Waals surface area contributed by atoms with Crippen LogP contribution in [0, 0.1) is 0 Å². The fourth-order valence-electron chi connectivity index (χ4n) is 2.49. The molecule has 3 aromatic rings. The number of nitrogens with one attached hydrogen (secondary N) is 1. The van der Waals surface area contributed by atoms with Crippen molar-refractivity contribution < 1.29 is 14.7 Å². The molecular weight excluding hydrogens is 338 g/mol. The SMILES string of the molecule is O=C(O)/C(=C\c1ccc(Cl)cc1)NC(=O)c1cccc2ccccc12. The van der Waals surface area contributed by atoms with Gasteiger partial charge in [0.05, 0.1) is 0 Å². The lowest BCUT2D eigenvalue weighted by Crippen LogP contribution is -2.27. The number of carbonyl (C=O) groups is 2. The molecule has 1 amide bonds. The third-order valence-corrected chi connectivity index (χ3v) is 3.95. The Morgan fingerprint density at radius 1 is 0.920 bits per heavy atom. The highest BCUT2D eigenvalue weighted by Crippen LogP contribution is 2.19. The normalized spacial score (nSPS) is 11.3. The first-order chi connectivity index (χ1) is 12.0. The highest BCUT2D eigenvalue weighted by Gasteiger charge is 2.15. The van der Waals surface area contributed by atoms with Gasteiger partial charge in [0.1, 0.15) is 5.70 Å². The number of carboxylic acids is 1. The van der Waals surface area contributed by atoms with Crippen molar-refractivity contribution in [3.63, 3.8) is 0 Å². The molecule has 0 aliphatic rings. The first kappa shape index (κ1) is 16.7. The Balaban J connectivity index is 1.93. The molecule has 0 saturated heterocycles. The second-order valence-electron chi connectivity index (χ2n) is 5.40. The van der Waals surface area contributed by atoms with Crippen molar-refractivity contribution in [1.82, 2.24) is 5.32 Å². The molecule has 0 aromatic heterocycles. The van der Waals surface area contributed by atoms with E-state index in [0.717, 1.165) is 10.8 Å². The molecule has 0 fully saturated rings. The first-order valence-electron chi connectivity index (χ1n) is 7.54. The van der Waals surface area contributed by atoms with Crippen molar-refractivity contribution in [1.29, 1.82) is 0 Å². The lowest BCUT2D eigenvalue weighted by molar-refractivity contribution is -0.132. The van der Waals surface area contributed by atoms with Crippen LogP contribution < -0.4 is 5.32 Å². The number of carboxylic acid groups (broad SMARTS) is 1. The molecule has 0 unspecified atom stereocenters. The van der Waals surface area contributed by atoms with Crippen LogP contribution in [-0.2, 0) is 4.79 Å². The van der Waals surface area contributed by atoms with Crippen molar-refractivity contribution >= 4 is 40.3 Å². The molecule has 0 radical (unpaired) electrons. The molecule has 2 N–H and O–H groups in total. The van der Waals surface area contributed by atoms with Crippen LogP contribution >= 0.6 is 11.6 Å². The summed E-state index contributed by atoms with van der Waals surface area (Å²) in [4.78, 5) is 24.1. The molecule has 0 bridgehead atoms. The number of amides is 1. The quantitative estimate of drug-likeness (QED) is 0.687. The second-order valence-corrected chi connectivity index (χ2v) is 5.83. The van der Waals surface area contributed by atoms with Crippen LogP contribution in [0.4, 0.5) is 0 Å². The lowest BCUT2D eigenvalue weighted by Gasteiger charge is -2.09. The van der Waals surface area contributed by atoms with Gasteiger partial charge in [-0.2, -0.15) is 0 Å². The summed E-state index contributed by atoms with van der Waals surface area (Å²) < 4.78 is 0. The molecule has 3 rings (SSSR count). The molecule has 0 atom stereocenters. The van der Waals surface area contributed by atoms with Gasteiger partial charge in [0.15, 0.2) is 0 Å². The van der Waals surface area contributed by atoms with Gasteiger partial charge >= 0.3 is 5.97 Å². The maximum atomic E-state index is 12.6. The summed E-state index contributed by atoms with van der Waals surface area (Å²) in [6, 6.07) is 19.4. The van der Waals surface area contributed by atoms with Crippen molar-refractivity contribution in [3.8, 4) is 0 Å². The van der Waals surface area contributed by atoms with E-state index in [1.807, 2.05) is 30.3 Å². The number of benzene rings is 3. The summed E-state index contributed by atoms with van der Waals surface area (Å²) in [6.45, 7) is 0. The van der Waals surface area contributed by atoms with E-state index in [2.05, 4.69) is 5.32 Å². The van der Waals surface area contributed by atoms with E-state index in [4.69, 9.17) is 11.6 Å². The van der Waals surface area contributed by atoms with Crippen molar-refractivity contribution in [2.45, 2.75) is 0 Å². The van der Waals surface area contributed by atoms with Crippen LogP contribution in [0.5, 0.6) is 0 Å². The molecule has 124 valence electrons. The molecule has 25 heavy (non-hydrogen) atoms. The summed E-state index contributed by atoms with van der Waals surface area (Å²) in [6.07, 6.45) is 1.39. The third-order valence-electron chi connectivity index (χ3n) is 3.69. The van der Waals surface area contributed by atoms with Gasteiger partial charge in [-0.1, -0.05) is 60.1 Å². The molecule has 0 aliphatic heterocycles. The van der Waals surface area contributed by atoms with Gasteiger partial charge in [0.2, 0.25) is 0 Å². The number of hydrogen-bond donors (Lipinski definition) is 2. The van der Waals surface area contributed by atoms with Gasteiger partial charge in [0.25, 0.3) is 5.91 Å². The molecule has 0 spiro atoms. The topological polar surface area (TPSA) is 66.4 Å². The average molecular weight is 352 g/mol. The standard InChI is InChI=1S/C20H14ClNO3/c21-15-10-8-13(9-11-15)12-18(20(24)25)22-19(23)17-7-3-5-14-4-1-2-6-16(14)17/h1-12H,(H,22,23)(H,24,25)/b18-12+. The van der Waals surface area contributed by atoms with Crippen LogP contribution in [0.1, 0.15) is 15.9 Å². The molecule has 5 heteroatoms. The molecule has 4 nitrogen and oxygen atoms in total. The van der Waals surface area contributed by atoms with Crippen molar-refractivity contribution in [2.24, 2.45) is 0 Å². The smallest absolute Gasteiger partial charge is 0.352 e. The van der Waals surface area contributed by atoms with Crippen LogP contribution in [0.25, 0.3) is 16.8 Å². The Morgan fingerprint density at radius 2 is 1.60 bits per heavy atom. The van der Waals surface area contributed by atoms with Crippen LogP contribution in [0.2, 0.25) is 5.02 Å². The molecule has 0 aliphatic carbocycles. The number of rotatable bonds is 4. The highest BCUT2D eigenvalue weighted by molar-refractivity contribution is 6.30. The van der Waals surface area contributed by atoms with E-state index < -0.39 is 11.9 Å². The van der Waals surface area contributed by atoms with E-state index in [1.54, 1.807) is 36.4 Å². The van der Waals surface area contributed by atoms with Crippen molar-refractivity contribution in [2.75, 3.05) is 0 Å². The van der Waals surface area contributed by atoms with Gasteiger partial charge in [-0.3, -0.25) is 4.79 Å². The van der Waals surface area contributed by atoms with E-state index in [9.17, 15) is 14.7 Å². The second kappa shape index (κ2) is 7.20. The Kier molecular flexibility index (Phi) is 4.82. The zero-order chi connectivity index (χ0) is 17.8. The fourth-order valence-corrected chi connectivity index (χ4v) is 2.62. The number of carbonyl (C=O) groups excluding carboxylic acids is 1. The Labute approximate surface area is 149 Å². The Morgan fingerprint density at radius 3 is 2.32 bits per heavy atom. The number of fused-ring (bicyclic) bond motifs is 1. The van der Waals surface area contributed by atoms with E-state index in [-0.39, 0.29) is 5.70 Å². The van der Waals surface area contributed by atoms with Crippen LogP contribution in [0.15, 0.2) is 72.4 Å². The number of halogens is 1. The highest BCUT2D eigenvalue weighted by atomic mass is 35.5. The van der Waals surface area contributed by atoms with Crippen LogP contribution in [0.3, 0.4) is 0 Å². The van der Waals surface area contributed by atoms with E-state index >= 15 is 0 Å². The van der Waals surface area contributed by atoms with E-state index in [1.165, 1.54) is 6.08 Å². The predicted octanol–water partition coefficient (Wildman–Crippen LogP) is 4.35. The minimum Gasteiger partial charge on any atom is -0.477 e. The molecule has 0 saturated carbocycles. The molecular formula is C20H14ClNO3. The third kappa shape index (κ3) is 3.87. The Hall–Kier alpha value is -3.11. The maximum absolute atomic E-state index is 12.6. The van der Waals surface area contributed by atoms with Gasteiger partial charge in [-0.05, 0) is 40.6 Å². The summed E-state index contributed by atoms with van der Waals surface area (Å²) in [5.74, 6) is -1.69. The lowest BCUT2D eigenvalue weighted by atomic mass is 10.0.